The summed E-state index contributed by atoms with van der Waals surface area (Å²) in [6, 6.07) is 12.0. The minimum atomic E-state index is 0. The van der Waals surface area contributed by atoms with Gasteiger partial charge in [-0.05, 0) is 48.8 Å². The fraction of sp³-hybridized carbons (Fsp3) is 0.409. The molecule has 1 fully saturated rings. The van der Waals surface area contributed by atoms with Gasteiger partial charge in [-0.25, -0.2) is 0 Å². The van der Waals surface area contributed by atoms with Crippen LogP contribution >= 0.6 is 17.0 Å². The molecule has 5 nitrogen and oxygen atoms in total. The third kappa shape index (κ3) is 5.34. The van der Waals surface area contributed by atoms with E-state index in [2.05, 4.69) is 28.1 Å². The highest BCUT2D eigenvalue weighted by Crippen LogP contribution is 2.30. The van der Waals surface area contributed by atoms with Crippen LogP contribution in [-0.4, -0.2) is 49.4 Å². The van der Waals surface area contributed by atoms with Crippen LogP contribution < -0.4 is 9.47 Å². The molecule has 2 aliphatic rings. The van der Waals surface area contributed by atoms with Gasteiger partial charge in [0.25, 0.3) is 0 Å². The number of ether oxygens (including phenoxy) is 3. The number of rotatable bonds is 7. The van der Waals surface area contributed by atoms with E-state index >= 15 is 0 Å². The van der Waals surface area contributed by atoms with Crippen LogP contribution in [0.4, 0.5) is 0 Å². The lowest BCUT2D eigenvalue weighted by molar-refractivity contribution is 0.0727. The summed E-state index contributed by atoms with van der Waals surface area (Å²) in [7, 11) is 1.67. The number of hydrogen-bond donors (Lipinski definition) is 0. The van der Waals surface area contributed by atoms with Crippen molar-refractivity contribution in [2.24, 2.45) is 0 Å². The van der Waals surface area contributed by atoms with Crippen LogP contribution in [-0.2, 0) is 11.3 Å². The number of pyridine rings is 1. The van der Waals surface area contributed by atoms with Gasteiger partial charge in [0.15, 0.2) is 0 Å². The first-order valence-electron chi connectivity index (χ1n) is 9.54. The van der Waals surface area contributed by atoms with Gasteiger partial charge in [-0.1, -0.05) is 6.07 Å². The zero-order valence-corrected chi connectivity index (χ0v) is 17.9. The summed E-state index contributed by atoms with van der Waals surface area (Å²) < 4.78 is 17.1. The molecule has 150 valence electrons. The SMILES string of the molecule is Br.COc1ccc2c(c1)OCC(CN(Cc1ccccn1)CC1CCCO1)=C2. The van der Waals surface area contributed by atoms with Gasteiger partial charge < -0.3 is 14.2 Å². The molecule has 0 amide bonds. The van der Waals surface area contributed by atoms with E-state index in [1.54, 1.807) is 7.11 Å². The second-order valence-corrected chi connectivity index (χ2v) is 7.12. The molecule has 28 heavy (non-hydrogen) atoms. The molecular formula is C22H27BrN2O3. The highest BCUT2D eigenvalue weighted by molar-refractivity contribution is 8.93. The number of fused-ring (bicyclic) bond motifs is 1. The molecule has 0 spiro atoms. The first-order chi connectivity index (χ1) is 13.3. The van der Waals surface area contributed by atoms with E-state index in [4.69, 9.17) is 14.2 Å². The molecular weight excluding hydrogens is 420 g/mol. The van der Waals surface area contributed by atoms with E-state index < -0.39 is 0 Å². The minimum Gasteiger partial charge on any atom is -0.497 e. The molecule has 1 atom stereocenters. The molecule has 0 radical (unpaired) electrons. The molecule has 2 aliphatic heterocycles. The summed E-state index contributed by atoms with van der Waals surface area (Å²) >= 11 is 0. The molecule has 6 heteroatoms. The van der Waals surface area contributed by atoms with E-state index in [1.165, 1.54) is 5.57 Å². The molecule has 1 aromatic heterocycles. The lowest BCUT2D eigenvalue weighted by Crippen LogP contribution is -2.34. The van der Waals surface area contributed by atoms with Gasteiger partial charge in [0.05, 0.1) is 18.9 Å². The van der Waals surface area contributed by atoms with Gasteiger partial charge in [-0.2, -0.15) is 0 Å². The molecule has 1 aromatic carbocycles. The quantitative estimate of drug-likeness (QED) is 0.639. The Labute approximate surface area is 177 Å². The maximum absolute atomic E-state index is 5.98. The van der Waals surface area contributed by atoms with E-state index in [1.807, 2.05) is 30.5 Å². The Kier molecular flexibility index (Phi) is 7.48. The van der Waals surface area contributed by atoms with Crippen molar-refractivity contribution in [3.63, 3.8) is 0 Å². The fourth-order valence-corrected chi connectivity index (χ4v) is 3.68. The Morgan fingerprint density at radius 1 is 1.21 bits per heavy atom. The fourth-order valence-electron chi connectivity index (χ4n) is 3.68. The van der Waals surface area contributed by atoms with E-state index in [0.717, 1.165) is 61.8 Å². The summed E-state index contributed by atoms with van der Waals surface area (Å²) in [5.41, 5.74) is 3.45. The van der Waals surface area contributed by atoms with E-state index in [-0.39, 0.29) is 17.0 Å². The molecule has 0 aliphatic carbocycles. The average molecular weight is 447 g/mol. The Hall–Kier alpha value is -1.89. The van der Waals surface area contributed by atoms with Gasteiger partial charge in [0.1, 0.15) is 18.1 Å². The predicted octanol–water partition coefficient (Wildman–Crippen LogP) is 4.13. The summed E-state index contributed by atoms with van der Waals surface area (Å²) in [6.45, 7) is 4.06. The minimum absolute atomic E-state index is 0. The first kappa shape index (κ1) is 20.8. The molecule has 0 saturated carbocycles. The third-order valence-corrected chi connectivity index (χ3v) is 5.02. The lowest BCUT2D eigenvalue weighted by atomic mass is 10.1. The summed E-state index contributed by atoms with van der Waals surface area (Å²) in [5.74, 6) is 1.70. The van der Waals surface area contributed by atoms with Crippen molar-refractivity contribution < 1.29 is 14.2 Å². The lowest BCUT2D eigenvalue weighted by Gasteiger charge is -2.27. The van der Waals surface area contributed by atoms with Crippen LogP contribution in [0.1, 0.15) is 24.1 Å². The highest BCUT2D eigenvalue weighted by atomic mass is 79.9. The van der Waals surface area contributed by atoms with Crippen molar-refractivity contribution >= 4 is 23.1 Å². The third-order valence-electron chi connectivity index (χ3n) is 5.02. The highest BCUT2D eigenvalue weighted by Gasteiger charge is 2.22. The van der Waals surface area contributed by atoms with Crippen LogP contribution in [0, 0.1) is 0 Å². The maximum atomic E-state index is 5.98. The molecule has 1 saturated heterocycles. The molecule has 0 bridgehead atoms. The second kappa shape index (κ2) is 10.0. The Bertz CT molecular complexity index is 792. The second-order valence-electron chi connectivity index (χ2n) is 7.12. The molecule has 2 aromatic rings. The standard InChI is InChI=1S/C22H26N2O3.BrH/c1-25-20-8-7-18-11-17(16-27-22(18)12-20)13-24(15-21-6-4-10-26-21)14-19-5-2-3-9-23-19;/h2-3,5,7-9,11-12,21H,4,6,10,13-16H2,1H3;1H. The van der Waals surface area contributed by atoms with E-state index in [0.29, 0.717) is 12.7 Å². The number of halogens is 1. The summed E-state index contributed by atoms with van der Waals surface area (Å²) in [4.78, 5) is 6.91. The van der Waals surface area contributed by atoms with Crippen LogP contribution in [0.25, 0.3) is 6.08 Å². The monoisotopic (exact) mass is 446 g/mol. The van der Waals surface area contributed by atoms with Crippen molar-refractivity contribution in [2.75, 3.05) is 33.4 Å². The van der Waals surface area contributed by atoms with Crippen LogP contribution in [0.2, 0.25) is 0 Å². The van der Waals surface area contributed by atoms with Crippen molar-refractivity contribution in [1.29, 1.82) is 0 Å². The van der Waals surface area contributed by atoms with Crippen molar-refractivity contribution in [3.05, 3.63) is 59.4 Å². The zero-order chi connectivity index (χ0) is 18.5. The smallest absolute Gasteiger partial charge is 0.130 e. The maximum Gasteiger partial charge on any atom is 0.130 e. The summed E-state index contributed by atoms with van der Waals surface area (Å²) in [6.07, 6.45) is 6.70. The van der Waals surface area contributed by atoms with Gasteiger partial charge in [0.2, 0.25) is 0 Å². The number of benzene rings is 1. The first-order valence-corrected chi connectivity index (χ1v) is 9.54. The van der Waals surface area contributed by atoms with Crippen molar-refractivity contribution in [3.8, 4) is 11.5 Å². The largest absolute Gasteiger partial charge is 0.497 e. The molecule has 3 heterocycles. The average Bonchev–Trinajstić information content (AvgIpc) is 3.21. The topological polar surface area (TPSA) is 43.8 Å². The Balaban J connectivity index is 0.00000225. The van der Waals surface area contributed by atoms with Gasteiger partial charge in [-0.15, -0.1) is 17.0 Å². The van der Waals surface area contributed by atoms with Gasteiger partial charge in [0, 0.05) is 44.1 Å². The van der Waals surface area contributed by atoms with Crippen LogP contribution in [0.5, 0.6) is 11.5 Å². The summed E-state index contributed by atoms with van der Waals surface area (Å²) in [5, 5.41) is 0. The molecule has 0 N–H and O–H groups in total. The normalized spacial score (nSPS) is 18.1. The van der Waals surface area contributed by atoms with Crippen LogP contribution in [0.15, 0.2) is 48.2 Å². The van der Waals surface area contributed by atoms with E-state index in [9.17, 15) is 0 Å². The van der Waals surface area contributed by atoms with Crippen molar-refractivity contribution in [2.45, 2.75) is 25.5 Å². The van der Waals surface area contributed by atoms with Crippen molar-refractivity contribution in [1.82, 2.24) is 9.88 Å². The molecule has 4 rings (SSSR count). The Morgan fingerprint density at radius 3 is 2.89 bits per heavy atom. The number of methoxy groups -OCH3 is 1. The number of nitrogens with zero attached hydrogens (tertiary/aromatic N) is 2. The number of hydrogen-bond acceptors (Lipinski definition) is 5. The number of aromatic nitrogens is 1. The predicted molar refractivity (Wildman–Crippen MR) is 115 cm³/mol. The van der Waals surface area contributed by atoms with Gasteiger partial charge in [-0.3, -0.25) is 9.88 Å². The Morgan fingerprint density at radius 2 is 2.14 bits per heavy atom. The van der Waals surface area contributed by atoms with Crippen LogP contribution in [0.3, 0.4) is 0 Å². The zero-order valence-electron chi connectivity index (χ0n) is 16.2. The molecule has 1 unspecified atom stereocenters. The van der Waals surface area contributed by atoms with Gasteiger partial charge >= 0.3 is 0 Å².